The molecule has 4 aromatic rings. The zero-order chi connectivity index (χ0) is 18.5. The third-order valence-corrected chi connectivity index (χ3v) is 4.63. The van der Waals surface area contributed by atoms with Crippen molar-refractivity contribution in [2.24, 2.45) is 0 Å². The first-order valence-corrected chi connectivity index (χ1v) is 9.53. The van der Waals surface area contributed by atoms with Crippen LogP contribution in [0.25, 0.3) is 33.7 Å². The number of hydrogen-bond acceptors (Lipinski definition) is 3. The van der Waals surface area contributed by atoms with Gasteiger partial charge in [-0.05, 0) is 53.9 Å². The van der Waals surface area contributed by atoms with Gasteiger partial charge in [0.2, 0.25) is 5.89 Å². The van der Waals surface area contributed by atoms with Gasteiger partial charge in [-0.1, -0.05) is 56.2 Å². The molecule has 0 spiro atoms. The minimum Gasteiger partial charge on any atom is -0.494 e. The van der Waals surface area contributed by atoms with Crippen LogP contribution < -0.4 is 4.74 Å². The summed E-state index contributed by atoms with van der Waals surface area (Å²) in [4.78, 5) is 4.56. The summed E-state index contributed by atoms with van der Waals surface area (Å²) in [5, 5.41) is 0. The van der Waals surface area contributed by atoms with Gasteiger partial charge in [0, 0.05) is 5.56 Å². The molecule has 3 nitrogen and oxygen atoms in total. The number of nitrogens with zero attached hydrogens (tertiary/aromatic N) is 1. The summed E-state index contributed by atoms with van der Waals surface area (Å²) in [6.07, 6.45) is 3.53. The molecular weight excluding hydrogens is 334 g/mol. The molecule has 3 heteroatoms. The van der Waals surface area contributed by atoms with Gasteiger partial charge in [0.25, 0.3) is 0 Å². The van der Waals surface area contributed by atoms with Gasteiger partial charge >= 0.3 is 0 Å². The van der Waals surface area contributed by atoms with E-state index in [9.17, 15) is 0 Å². The minimum atomic E-state index is 0.651. The van der Waals surface area contributed by atoms with E-state index in [1.54, 1.807) is 0 Å². The topological polar surface area (TPSA) is 35.3 Å². The van der Waals surface area contributed by atoms with Crippen LogP contribution in [0.15, 0.2) is 77.2 Å². The monoisotopic (exact) mass is 357 g/mol. The van der Waals surface area contributed by atoms with Crippen molar-refractivity contribution in [2.45, 2.75) is 26.2 Å². The van der Waals surface area contributed by atoms with Crippen LogP contribution in [0.2, 0.25) is 0 Å². The predicted octanol–water partition coefficient (Wildman–Crippen LogP) is 6.73. The highest BCUT2D eigenvalue weighted by molar-refractivity contribution is 5.76. The molecule has 4 rings (SSSR count). The summed E-state index contributed by atoms with van der Waals surface area (Å²) < 4.78 is 11.6. The molecule has 0 saturated carbocycles. The van der Waals surface area contributed by atoms with E-state index in [0.717, 1.165) is 41.0 Å². The number of ether oxygens (including phenoxy) is 1. The van der Waals surface area contributed by atoms with E-state index in [1.165, 1.54) is 18.4 Å². The second-order valence-corrected chi connectivity index (χ2v) is 6.64. The quantitative estimate of drug-likeness (QED) is 0.344. The van der Waals surface area contributed by atoms with E-state index >= 15 is 0 Å². The Bertz CT molecular complexity index is 968. The number of fused-ring (bicyclic) bond motifs is 1. The molecule has 1 heterocycles. The lowest BCUT2D eigenvalue weighted by atomic mass is 10.0. The van der Waals surface area contributed by atoms with Crippen LogP contribution in [-0.4, -0.2) is 11.6 Å². The largest absolute Gasteiger partial charge is 0.494 e. The van der Waals surface area contributed by atoms with Crippen LogP contribution in [0.4, 0.5) is 0 Å². The number of unbranched alkanes of at least 4 members (excludes halogenated alkanes) is 2. The average Bonchev–Trinajstić information content (AvgIpc) is 3.16. The Morgan fingerprint density at radius 3 is 2.15 bits per heavy atom. The molecule has 0 fully saturated rings. The first-order chi connectivity index (χ1) is 13.3. The van der Waals surface area contributed by atoms with Crippen molar-refractivity contribution in [1.29, 1.82) is 0 Å². The van der Waals surface area contributed by atoms with E-state index in [4.69, 9.17) is 9.15 Å². The fraction of sp³-hybridized carbons (Fsp3) is 0.208. The molecule has 0 aliphatic carbocycles. The Morgan fingerprint density at radius 1 is 0.778 bits per heavy atom. The highest BCUT2D eigenvalue weighted by Crippen LogP contribution is 2.28. The molecule has 136 valence electrons. The summed E-state index contributed by atoms with van der Waals surface area (Å²) in [6.45, 7) is 2.98. The lowest BCUT2D eigenvalue weighted by Gasteiger charge is -2.07. The molecule has 27 heavy (non-hydrogen) atoms. The van der Waals surface area contributed by atoms with Crippen LogP contribution in [0.3, 0.4) is 0 Å². The standard InChI is InChI=1S/C24H23NO2/c1-2-3-6-17-26-21-15-13-19(14-16-21)18-9-11-20(12-10-18)24-25-22-7-4-5-8-23(22)27-24/h4-5,7-16H,2-3,6,17H2,1H3. The highest BCUT2D eigenvalue weighted by Gasteiger charge is 2.08. The summed E-state index contributed by atoms with van der Waals surface area (Å²) in [6, 6.07) is 24.4. The van der Waals surface area contributed by atoms with Gasteiger partial charge in [-0.3, -0.25) is 0 Å². The third kappa shape index (κ3) is 4.03. The average molecular weight is 357 g/mol. The number of benzene rings is 3. The maximum Gasteiger partial charge on any atom is 0.227 e. The second kappa shape index (κ2) is 8.09. The number of oxazole rings is 1. The molecule has 0 aliphatic heterocycles. The van der Waals surface area contributed by atoms with E-state index in [1.807, 2.05) is 36.4 Å². The Morgan fingerprint density at radius 2 is 1.44 bits per heavy atom. The molecule has 0 saturated heterocycles. The van der Waals surface area contributed by atoms with Crippen molar-refractivity contribution in [3.8, 4) is 28.3 Å². The van der Waals surface area contributed by atoms with Gasteiger partial charge in [0.05, 0.1) is 6.61 Å². The molecule has 1 aromatic heterocycles. The van der Waals surface area contributed by atoms with Crippen molar-refractivity contribution >= 4 is 11.1 Å². The first-order valence-electron chi connectivity index (χ1n) is 9.53. The van der Waals surface area contributed by atoms with Gasteiger partial charge in [0.1, 0.15) is 11.3 Å². The predicted molar refractivity (Wildman–Crippen MR) is 110 cm³/mol. The van der Waals surface area contributed by atoms with Crippen molar-refractivity contribution in [2.75, 3.05) is 6.61 Å². The van der Waals surface area contributed by atoms with E-state index in [-0.39, 0.29) is 0 Å². The van der Waals surface area contributed by atoms with Crippen LogP contribution in [0, 0.1) is 0 Å². The fourth-order valence-electron chi connectivity index (χ4n) is 3.09. The van der Waals surface area contributed by atoms with Gasteiger partial charge in [-0.15, -0.1) is 0 Å². The molecule has 0 aliphatic rings. The van der Waals surface area contributed by atoms with Crippen molar-refractivity contribution < 1.29 is 9.15 Å². The molecule has 0 amide bonds. The van der Waals surface area contributed by atoms with Crippen molar-refractivity contribution in [3.05, 3.63) is 72.8 Å². The van der Waals surface area contributed by atoms with Gasteiger partial charge in [-0.2, -0.15) is 0 Å². The smallest absolute Gasteiger partial charge is 0.227 e. The number of rotatable bonds is 7. The molecule has 3 aromatic carbocycles. The van der Waals surface area contributed by atoms with Crippen LogP contribution in [-0.2, 0) is 0 Å². The zero-order valence-corrected chi connectivity index (χ0v) is 15.5. The Hall–Kier alpha value is -3.07. The SMILES string of the molecule is CCCCCOc1ccc(-c2ccc(-c3nc4ccccc4o3)cc2)cc1. The number of hydrogen-bond donors (Lipinski definition) is 0. The van der Waals surface area contributed by atoms with E-state index < -0.39 is 0 Å². The molecule has 0 radical (unpaired) electrons. The maximum absolute atomic E-state index is 5.84. The highest BCUT2D eigenvalue weighted by atomic mass is 16.5. The summed E-state index contributed by atoms with van der Waals surface area (Å²) >= 11 is 0. The second-order valence-electron chi connectivity index (χ2n) is 6.64. The molecule has 0 unspecified atom stereocenters. The van der Waals surface area contributed by atoms with Gasteiger partial charge in [0.15, 0.2) is 5.58 Å². The molecule has 0 atom stereocenters. The summed E-state index contributed by atoms with van der Waals surface area (Å²) in [5.41, 5.74) is 5.00. The molecular formula is C24H23NO2. The van der Waals surface area contributed by atoms with Crippen molar-refractivity contribution in [1.82, 2.24) is 4.98 Å². The number of para-hydroxylation sites is 2. The normalized spacial score (nSPS) is 11.0. The summed E-state index contributed by atoms with van der Waals surface area (Å²) in [5.74, 6) is 1.58. The Balaban J connectivity index is 1.47. The molecule has 0 bridgehead atoms. The lowest BCUT2D eigenvalue weighted by Crippen LogP contribution is -1.96. The zero-order valence-electron chi connectivity index (χ0n) is 15.5. The van der Waals surface area contributed by atoms with Crippen LogP contribution >= 0.6 is 0 Å². The van der Waals surface area contributed by atoms with Gasteiger partial charge < -0.3 is 9.15 Å². The van der Waals surface area contributed by atoms with Crippen LogP contribution in [0.1, 0.15) is 26.2 Å². The molecule has 0 N–H and O–H groups in total. The Labute approximate surface area is 159 Å². The van der Waals surface area contributed by atoms with E-state index in [0.29, 0.717) is 5.89 Å². The van der Waals surface area contributed by atoms with Gasteiger partial charge in [-0.25, -0.2) is 4.98 Å². The lowest BCUT2D eigenvalue weighted by molar-refractivity contribution is 0.306. The first kappa shape index (κ1) is 17.3. The number of aromatic nitrogens is 1. The maximum atomic E-state index is 5.84. The fourth-order valence-corrected chi connectivity index (χ4v) is 3.09. The minimum absolute atomic E-state index is 0.651. The summed E-state index contributed by atoms with van der Waals surface area (Å²) in [7, 11) is 0. The van der Waals surface area contributed by atoms with E-state index in [2.05, 4.69) is 48.3 Å². The van der Waals surface area contributed by atoms with Crippen molar-refractivity contribution in [3.63, 3.8) is 0 Å². The van der Waals surface area contributed by atoms with Crippen LogP contribution in [0.5, 0.6) is 5.75 Å². The third-order valence-electron chi connectivity index (χ3n) is 4.63. The Kier molecular flexibility index (Phi) is 5.20.